The van der Waals surface area contributed by atoms with Crippen LogP contribution in [0.1, 0.15) is 22.7 Å². The number of aromatic amines is 1. The molecule has 0 radical (unpaired) electrons. The second-order valence-corrected chi connectivity index (χ2v) is 4.01. The van der Waals surface area contributed by atoms with E-state index in [1.54, 1.807) is 0 Å². The van der Waals surface area contributed by atoms with Gasteiger partial charge >= 0.3 is 0 Å². The molecule has 2 nitrogen and oxygen atoms in total. The summed E-state index contributed by atoms with van der Waals surface area (Å²) in [5.74, 6) is 0.501. The Morgan fingerprint density at radius 3 is 2.80 bits per heavy atom. The number of hydrogen-bond acceptors (Lipinski definition) is 1. The molecular formula is C13H14N2. The Kier molecular flexibility index (Phi) is 2.07. The van der Waals surface area contributed by atoms with Crippen molar-refractivity contribution in [1.29, 1.82) is 0 Å². The van der Waals surface area contributed by atoms with Crippen LogP contribution in [0.15, 0.2) is 42.6 Å². The van der Waals surface area contributed by atoms with Crippen molar-refractivity contribution in [3.05, 3.63) is 59.4 Å². The molecule has 0 bridgehead atoms. The highest BCUT2D eigenvalue weighted by Crippen LogP contribution is 2.28. The van der Waals surface area contributed by atoms with Gasteiger partial charge in [0.15, 0.2) is 0 Å². The third kappa shape index (κ3) is 1.47. The van der Waals surface area contributed by atoms with Crippen LogP contribution in [0.4, 0.5) is 0 Å². The number of rotatable bonds is 1. The lowest BCUT2D eigenvalue weighted by Crippen LogP contribution is -2.28. The molecule has 15 heavy (non-hydrogen) atoms. The van der Waals surface area contributed by atoms with Gasteiger partial charge in [-0.25, -0.2) is 0 Å². The van der Waals surface area contributed by atoms with Gasteiger partial charge in [-0.1, -0.05) is 30.3 Å². The van der Waals surface area contributed by atoms with Crippen molar-refractivity contribution in [3.8, 4) is 0 Å². The number of H-pyrrole nitrogens is 1. The fraction of sp³-hybridized carbons (Fsp3) is 0.231. The van der Waals surface area contributed by atoms with Crippen molar-refractivity contribution in [1.82, 2.24) is 10.3 Å². The summed E-state index contributed by atoms with van der Waals surface area (Å²) in [5.41, 5.74) is 4.17. The molecule has 1 atom stereocenters. The second kappa shape index (κ2) is 3.55. The van der Waals surface area contributed by atoms with Crippen molar-refractivity contribution in [2.24, 2.45) is 0 Å². The predicted molar refractivity (Wildman–Crippen MR) is 60.8 cm³/mol. The van der Waals surface area contributed by atoms with Crippen LogP contribution in [0.2, 0.25) is 0 Å². The molecule has 0 spiro atoms. The van der Waals surface area contributed by atoms with Gasteiger partial charge in [0, 0.05) is 30.9 Å². The van der Waals surface area contributed by atoms with Gasteiger partial charge < -0.3 is 10.3 Å². The third-order valence-electron chi connectivity index (χ3n) is 3.10. The number of benzene rings is 1. The summed E-state index contributed by atoms with van der Waals surface area (Å²) in [6.07, 6.45) is 2.04. The Hall–Kier alpha value is -1.54. The molecule has 2 heterocycles. The van der Waals surface area contributed by atoms with Crippen LogP contribution in [0.25, 0.3) is 0 Å². The summed E-state index contributed by atoms with van der Waals surface area (Å²) in [4.78, 5) is 3.29. The summed E-state index contributed by atoms with van der Waals surface area (Å²) >= 11 is 0. The molecule has 1 aliphatic rings. The van der Waals surface area contributed by atoms with E-state index in [0.29, 0.717) is 5.92 Å². The van der Waals surface area contributed by atoms with Gasteiger partial charge in [0.2, 0.25) is 0 Å². The highest BCUT2D eigenvalue weighted by Gasteiger charge is 2.21. The van der Waals surface area contributed by atoms with Crippen LogP contribution >= 0.6 is 0 Å². The molecule has 1 aromatic carbocycles. The van der Waals surface area contributed by atoms with E-state index >= 15 is 0 Å². The molecule has 0 aliphatic carbocycles. The largest absolute Gasteiger partial charge is 0.364 e. The molecule has 2 aromatic rings. The van der Waals surface area contributed by atoms with Gasteiger partial charge in [0.05, 0.1) is 0 Å². The number of aromatic nitrogens is 1. The predicted octanol–water partition coefficient (Wildman–Crippen LogP) is 2.25. The van der Waals surface area contributed by atoms with E-state index in [0.717, 1.165) is 13.1 Å². The molecule has 1 unspecified atom stereocenters. The molecular weight excluding hydrogens is 184 g/mol. The minimum Gasteiger partial charge on any atom is -0.364 e. The maximum Gasteiger partial charge on any atom is 0.0360 e. The Labute approximate surface area is 89.3 Å². The minimum atomic E-state index is 0.501. The van der Waals surface area contributed by atoms with Crippen LogP contribution in [0.5, 0.6) is 0 Å². The van der Waals surface area contributed by atoms with Crippen molar-refractivity contribution in [3.63, 3.8) is 0 Å². The maximum atomic E-state index is 3.44. The summed E-state index contributed by atoms with van der Waals surface area (Å²) in [5, 5.41) is 3.44. The molecule has 1 aromatic heterocycles. The normalized spacial score (nSPS) is 19.9. The van der Waals surface area contributed by atoms with E-state index in [1.807, 2.05) is 6.20 Å². The Morgan fingerprint density at radius 1 is 1.07 bits per heavy atom. The fourth-order valence-electron chi connectivity index (χ4n) is 2.33. The monoisotopic (exact) mass is 198 g/mol. The molecule has 0 saturated heterocycles. The lowest BCUT2D eigenvalue weighted by molar-refractivity contribution is 0.585. The number of nitrogens with one attached hydrogen (secondary N) is 2. The van der Waals surface area contributed by atoms with E-state index in [9.17, 15) is 0 Å². The van der Waals surface area contributed by atoms with Crippen LogP contribution in [0.3, 0.4) is 0 Å². The molecule has 0 saturated carbocycles. The topological polar surface area (TPSA) is 27.8 Å². The molecule has 0 fully saturated rings. The second-order valence-electron chi connectivity index (χ2n) is 4.01. The van der Waals surface area contributed by atoms with Crippen LogP contribution in [-0.4, -0.2) is 11.5 Å². The minimum absolute atomic E-state index is 0.501. The summed E-state index contributed by atoms with van der Waals surface area (Å²) in [7, 11) is 0. The fourth-order valence-corrected chi connectivity index (χ4v) is 2.33. The molecule has 2 heteroatoms. The average molecular weight is 198 g/mol. The molecule has 2 N–H and O–H groups in total. The van der Waals surface area contributed by atoms with Gasteiger partial charge in [0.25, 0.3) is 0 Å². The smallest absolute Gasteiger partial charge is 0.0360 e. The van der Waals surface area contributed by atoms with Crippen molar-refractivity contribution < 1.29 is 0 Å². The van der Waals surface area contributed by atoms with Crippen molar-refractivity contribution >= 4 is 0 Å². The van der Waals surface area contributed by atoms with Crippen LogP contribution in [0, 0.1) is 0 Å². The standard InChI is InChI=1S/C13H14N2/c1-2-4-10(5-3-1)12-8-14-9-13-11(12)6-7-15-13/h1-7,12,14-15H,8-9H2. The summed E-state index contributed by atoms with van der Waals surface area (Å²) in [6.45, 7) is 2.00. The average Bonchev–Trinajstić information content (AvgIpc) is 2.78. The van der Waals surface area contributed by atoms with Gasteiger partial charge in [-0.3, -0.25) is 0 Å². The van der Waals surface area contributed by atoms with E-state index in [4.69, 9.17) is 0 Å². The van der Waals surface area contributed by atoms with Gasteiger partial charge in [-0.05, 0) is 17.2 Å². The maximum absolute atomic E-state index is 3.44. The first-order valence-corrected chi connectivity index (χ1v) is 5.37. The summed E-state index contributed by atoms with van der Waals surface area (Å²) < 4.78 is 0. The zero-order valence-corrected chi connectivity index (χ0v) is 8.53. The number of hydrogen-bond donors (Lipinski definition) is 2. The Morgan fingerprint density at radius 2 is 1.93 bits per heavy atom. The van der Waals surface area contributed by atoms with E-state index in [1.165, 1.54) is 16.8 Å². The third-order valence-corrected chi connectivity index (χ3v) is 3.10. The highest BCUT2D eigenvalue weighted by atomic mass is 14.9. The van der Waals surface area contributed by atoms with Crippen LogP contribution in [-0.2, 0) is 6.54 Å². The first-order chi connectivity index (χ1) is 7.45. The molecule has 76 valence electrons. The van der Waals surface area contributed by atoms with Crippen molar-refractivity contribution in [2.75, 3.05) is 6.54 Å². The van der Waals surface area contributed by atoms with E-state index in [2.05, 4.69) is 46.7 Å². The molecule has 1 aliphatic heterocycles. The lowest BCUT2D eigenvalue weighted by Gasteiger charge is -2.23. The highest BCUT2D eigenvalue weighted by molar-refractivity contribution is 5.37. The Bertz CT molecular complexity index is 445. The number of fused-ring (bicyclic) bond motifs is 1. The quantitative estimate of drug-likeness (QED) is 0.722. The molecule has 0 amide bonds. The molecule has 3 rings (SSSR count). The van der Waals surface area contributed by atoms with E-state index in [-0.39, 0.29) is 0 Å². The van der Waals surface area contributed by atoms with Gasteiger partial charge in [-0.2, -0.15) is 0 Å². The zero-order valence-electron chi connectivity index (χ0n) is 8.53. The summed E-state index contributed by atoms with van der Waals surface area (Å²) in [6, 6.07) is 12.9. The first-order valence-electron chi connectivity index (χ1n) is 5.37. The van der Waals surface area contributed by atoms with Crippen LogP contribution < -0.4 is 5.32 Å². The Balaban J connectivity index is 2.03. The lowest BCUT2D eigenvalue weighted by atomic mass is 9.89. The van der Waals surface area contributed by atoms with Gasteiger partial charge in [-0.15, -0.1) is 0 Å². The van der Waals surface area contributed by atoms with E-state index < -0.39 is 0 Å². The van der Waals surface area contributed by atoms with Gasteiger partial charge in [0.1, 0.15) is 0 Å². The zero-order chi connectivity index (χ0) is 10.1. The SMILES string of the molecule is c1ccc(C2CNCc3[nH]ccc32)cc1. The van der Waals surface area contributed by atoms with Crippen molar-refractivity contribution in [2.45, 2.75) is 12.5 Å². The first kappa shape index (κ1) is 8.74.